The van der Waals surface area contributed by atoms with Crippen LogP contribution in [0.15, 0.2) is 29.2 Å². The van der Waals surface area contributed by atoms with Crippen molar-refractivity contribution >= 4 is 21.9 Å². The molecule has 0 aliphatic carbocycles. The van der Waals surface area contributed by atoms with Crippen molar-refractivity contribution in [2.75, 3.05) is 20.2 Å². The molecule has 0 fully saturated rings. The van der Waals surface area contributed by atoms with Gasteiger partial charge in [-0.15, -0.1) is 0 Å². The predicted molar refractivity (Wildman–Crippen MR) is 80.4 cm³/mol. The van der Waals surface area contributed by atoms with Gasteiger partial charge in [0.2, 0.25) is 15.9 Å². The summed E-state index contributed by atoms with van der Waals surface area (Å²) in [6, 6.07) is 6.16. The number of hydrogen-bond donors (Lipinski definition) is 1. The second-order valence-electron chi connectivity index (χ2n) is 4.77. The van der Waals surface area contributed by atoms with E-state index in [2.05, 4.69) is 4.74 Å². The third-order valence-corrected chi connectivity index (χ3v) is 4.11. The van der Waals surface area contributed by atoms with Crippen LogP contribution in [-0.4, -0.2) is 45.4 Å². The summed E-state index contributed by atoms with van der Waals surface area (Å²) in [4.78, 5) is 24.2. The molecule has 0 heterocycles. The molecule has 1 amide bonds. The second-order valence-corrected chi connectivity index (χ2v) is 6.33. The van der Waals surface area contributed by atoms with E-state index in [1.54, 1.807) is 17.0 Å². The predicted octanol–water partition coefficient (Wildman–Crippen LogP) is 0.288. The van der Waals surface area contributed by atoms with Crippen LogP contribution in [0.25, 0.3) is 0 Å². The fourth-order valence-electron chi connectivity index (χ4n) is 1.86. The molecule has 1 rings (SSSR count). The Morgan fingerprint density at radius 2 is 1.77 bits per heavy atom. The lowest BCUT2D eigenvalue weighted by atomic mass is 10.1. The molecule has 0 saturated heterocycles. The minimum absolute atomic E-state index is 0.0466. The zero-order valence-electron chi connectivity index (χ0n) is 12.6. The van der Waals surface area contributed by atoms with Gasteiger partial charge in [0.1, 0.15) is 0 Å². The summed E-state index contributed by atoms with van der Waals surface area (Å²) in [6.07, 6.45) is 0.687. The Bertz CT molecular complexity index is 625. The smallest absolute Gasteiger partial charge is 0.307 e. The highest BCUT2D eigenvalue weighted by molar-refractivity contribution is 7.89. The maximum absolute atomic E-state index is 11.5. The van der Waals surface area contributed by atoms with Crippen LogP contribution in [0.4, 0.5) is 0 Å². The summed E-state index contributed by atoms with van der Waals surface area (Å²) < 4.78 is 26.9. The summed E-state index contributed by atoms with van der Waals surface area (Å²) >= 11 is 0. The topological polar surface area (TPSA) is 107 Å². The zero-order chi connectivity index (χ0) is 16.8. The molecule has 0 saturated carbocycles. The van der Waals surface area contributed by atoms with Gasteiger partial charge in [0.15, 0.2) is 0 Å². The van der Waals surface area contributed by atoms with E-state index >= 15 is 0 Å². The Hall–Kier alpha value is -1.93. The van der Waals surface area contributed by atoms with Crippen LogP contribution < -0.4 is 5.14 Å². The van der Waals surface area contributed by atoms with Gasteiger partial charge in [-0.05, 0) is 24.1 Å². The molecule has 0 atom stereocenters. The minimum Gasteiger partial charge on any atom is -0.469 e. The van der Waals surface area contributed by atoms with Crippen LogP contribution in [0.1, 0.15) is 18.9 Å². The molecule has 0 spiro atoms. The van der Waals surface area contributed by atoms with E-state index < -0.39 is 10.0 Å². The molecule has 0 radical (unpaired) electrons. The first-order valence-electron chi connectivity index (χ1n) is 6.68. The zero-order valence-corrected chi connectivity index (χ0v) is 13.4. The molecule has 0 aliphatic heterocycles. The number of methoxy groups -OCH3 is 1. The van der Waals surface area contributed by atoms with E-state index in [1.165, 1.54) is 26.2 Å². The average molecular weight is 328 g/mol. The molecule has 0 aliphatic rings. The highest BCUT2D eigenvalue weighted by atomic mass is 32.2. The Kier molecular flexibility index (Phi) is 6.51. The fraction of sp³-hybridized carbons (Fsp3) is 0.429. The number of sulfonamides is 1. The first-order valence-corrected chi connectivity index (χ1v) is 8.22. The Morgan fingerprint density at radius 1 is 1.18 bits per heavy atom. The molecular weight excluding hydrogens is 308 g/mol. The number of hydrogen-bond acceptors (Lipinski definition) is 5. The lowest BCUT2D eigenvalue weighted by Gasteiger charge is -2.20. The number of amides is 1. The van der Waals surface area contributed by atoms with E-state index in [-0.39, 0.29) is 29.7 Å². The number of carbonyl (C=O) groups is 2. The Balaban J connectivity index is 2.61. The lowest BCUT2D eigenvalue weighted by molar-refractivity contribution is -0.141. The van der Waals surface area contributed by atoms with Crippen molar-refractivity contribution in [3.63, 3.8) is 0 Å². The van der Waals surface area contributed by atoms with Gasteiger partial charge in [0, 0.05) is 20.0 Å². The summed E-state index contributed by atoms with van der Waals surface area (Å²) in [7, 11) is -2.40. The molecule has 7 nitrogen and oxygen atoms in total. The van der Waals surface area contributed by atoms with Crippen LogP contribution in [0.5, 0.6) is 0 Å². The van der Waals surface area contributed by atoms with Crippen molar-refractivity contribution in [3.8, 4) is 0 Å². The number of rotatable bonds is 7. The molecule has 1 aromatic rings. The van der Waals surface area contributed by atoms with Gasteiger partial charge in [-0.25, -0.2) is 13.6 Å². The van der Waals surface area contributed by atoms with E-state index in [1.807, 2.05) is 0 Å². The number of esters is 1. The monoisotopic (exact) mass is 328 g/mol. The van der Waals surface area contributed by atoms with Gasteiger partial charge in [-0.1, -0.05) is 12.1 Å². The van der Waals surface area contributed by atoms with Gasteiger partial charge < -0.3 is 9.64 Å². The summed E-state index contributed by atoms with van der Waals surface area (Å²) in [5.74, 6) is -0.506. The van der Waals surface area contributed by atoms with Crippen LogP contribution in [0, 0.1) is 0 Å². The minimum atomic E-state index is -3.70. The average Bonchev–Trinajstić information content (AvgIpc) is 2.46. The third kappa shape index (κ3) is 5.82. The van der Waals surface area contributed by atoms with E-state index in [0.717, 1.165) is 5.56 Å². The molecule has 122 valence electrons. The quantitative estimate of drug-likeness (QED) is 0.724. The molecule has 22 heavy (non-hydrogen) atoms. The standard InChI is InChI=1S/C14H20N2O5S/c1-11(17)16(10-8-14(18)21-2)9-7-12-3-5-13(6-4-12)22(15,19)20/h3-6H,7-10H2,1-2H3,(H2,15,19,20). The normalized spacial score (nSPS) is 11.0. The highest BCUT2D eigenvalue weighted by Gasteiger charge is 2.12. The SMILES string of the molecule is COC(=O)CCN(CCc1ccc(S(N)(=O)=O)cc1)C(C)=O. The van der Waals surface area contributed by atoms with Crippen molar-refractivity contribution in [2.45, 2.75) is 24.7 Å². The van der Waals surface area contributed by atoms with E-state index in [4.69, 9.17) is 5.14 Å². The maximum atomic E-state index is 11.5. The fourth-order valence-corrected chi connectivity index (χ4v) is 2.38. The number of carbonyl (C=O) groups excluding carboxylic acids is 2. The number of nitrogens with two attached hydrogens (primary N) is 1. The number of benzene rings is 1. The van der Waals surface area contributed by atoms with Gasteiger partial charge in [-0.3, -0.25) is 9.59 Å². The molecular formula is C14H20N2O5S. The number of primary sulfonamides is 1. The van der Waals surface area contributed by atoms with Crippen molar-refractivity contribution < 1.29 is 22.7 Å². The van der Waals surface area contributed by atoms with Crippen LogP contribution in [0.2, 0.25) is 0 Å². The molecule has 2 N–H and O–H groups in total. The summed E-state index contributed by atoms with van der Waals surface area (Å²) in [5.41, 5.74) is 0.872. The molecule has 0 aromatic heterocycles. The van der Waals surface area contributed by atoms with Gasteiger partial charge >= 0.3 is 5.97 Å². The maximum Gasteiger partial charge on any atom is 0.307 e. The van der Waals surface area contributed by atoms with E-state index in [9.17, 15) is 18.0 Å². The lowest BCUT2D eigenvalue weighted by Crippen LogP contribution is -2.33. The third-order valence-electron chi connectivity index (χ3n) is 3.18. The van der Waals surface area contributed by atoms with Crippen LogP contribution >= 0.6 is 0 Å². The van der Waals surface area contributed by atoms with E-state index in [0.29, 0.717) is 13.0 Å². The van der Waals surface area contributed by atoms with Crippen molar-refractivity contribution in [1.82, 2.24) is 4.90 Å². The van der Waals surface area contributed by atoms with Crippen molar-refractivity contribution in [2.24, 2.45) is 5.14 Å². The molecule has 0 bridgehead atoms. The highest BCUT2D eigenvalue weighted by Crippen LogP contribution is 2.10. The number of nitrogens with zero attached hydrogens (tertiary/aromatic N) is 1. The summed E-state index contributed by atoms with van der Waals surface area (Å²) in [6.45, 7) is 2.15. The second kappa shape index (κ2) is 7.90. The molecule has 0 unspecified atom stereocenters. The molecule has 8 heteroatoms. The van der Waals surface area contributed by atoms with Crippen LogP contribution in [-0.2, 0) is 30.8 Å². The largest absolute Gasteiger partial charge is 0.469 e. The van der Waals surface area contributed by atoms with Crippen molar-refractivity contribution in [1.29, 1.82) is 0 Å². The Labute approximate surface area is 130 Å². The van der Waals surface area contributed by atoms with Gasteiger partial charge in [0.05, 0.1) is 18.4 Å². The molecule has 1 aromatic carbocycles. The first kappa shape index (κ1) is 18.1. The number of ether oxygens (including phenoxy) is 1. The van der Waals surface area contributed by atoms with Crippen molar-refractivity contribution in [3.05, 3.63) is 29.8 Å². The first-order chi connectivity index (χ1) is 10.2. The Morgan fingerprint density at radius 3 is 2.23 bits per heavy atom. The van der Waals surface area contributed by atoms with Gasteiger partial charge in [-0.2, -0.15) is 0 Å². The summed E-state index contributed by atoms with van der Waals surface area (Å²) in [5, 5.41) is 5.03. The van der Waals surface area contributed by atoms with Gasteiger partial charge in [0.25, 0.3) is 0 Å². The van der Waals surface area contributed by atoms with Crippen LogP contribution in [0.3, 0.4) is 0 Å².